The van der Waals surface area contributed by atoms with E-state index in [1.807, 2.05) is 18.2 Å². The monoisotopic (exact) mass is 587 g/mol. The average molecular weight is 589 g/mol. The average Bonchev–Trinajstić information content (AvgIpc) is 3.49. The Balaban J connectivity index is 1.31. The van der Waals surface area contributed by atoms with Crippen LogP contribution in [0.1, 0.15) is 51.0 Å². The van der Waals surface area contributed by atoms with Crippen molar-refractivity contribution in [2.75, 3.05) is 10.8 Å². The van der Waals surface area contributed by atoms with Crippen molar-refractivity contribution >= 4 is 61.5 Å². The molecular weight excluding hydrogens is 557 g/mol. The van der Waals surface area contributed by atoms with Gasteiger partial charge in [0.25, 0.3) is 10.0 Å². The van der Waals surface area contributed by atoms with E-state index in [4.69, 9.17) is 23.2 Å². The Labute approximate surface area is 239 Å². The Morgan fingerprint density at radius 3 is 2.51 bits per heavy atom. The molecule has 0 unspecified atom stereocenters. The Kier molecular flexibility index (Phi) is 8.08. The first kappa shape index (κ1) is 27.7. The molecule has 0 saturated heterocycles. The highest BCUT2D eigenvalue weighted by atomic mass is 35.5. The molecule has 0 spiro atoms. The maximum absolute atomic E-state index is 13.6. The topological polar surface area (TPSA) is 86.8 Å². The van der Waals surface area contributed by atoms with E-state index >= 15 is 0 Å². The minimum absolute atomic E-state index is 0.0740. The van der Waals surface area contributed by atoms with Crippen LogP contribution in [0, 0.1) is 0 Å². The van der Waals surface area contributed by atoms with Crippen LogP contribution in [0.4, 0.5) is 5.69 Å². The highest BCUT2D eigenvalue weighted by molar-refractivity contribution is 7.93. The zero-order chi connectivity index (χ0) is 27.7. The number of sulfonamides is 1. The van der Waals surface area contributed by atoms with Gasteiger partial charge in [-0.25, -0.2) is 8.42 Å². The second-order valence-corrected chi connectivity index (χ2v) is 12.9. The van der Waals surface area contributed by atoms with Crippen molar-refractivity contribution in [1.29, 1.82) is 0 Å². The molecule has 0 bridgehead atoms. The van der Waals surface area contributed by atoms with Crippen molar-refractivity contribution in [2.45, 2.75) is 69.0 Å². The number of amides is 2. The van der Waals surface area contributed by atoms with E-state index in [1.165, 1.54) is 9.21 Å². The lowest BCUT2D eigenvalue weighted by Crippen LogP contribution is -2.49. The van der Waals surface area contributed by atoms with Crippen LogP contribution in [0.2, 0.25) is 10.0 Å². The van der Waals surface area contributed by atoms with Crippen molar-refractivity contribution in [1.82, 2.24) is 10.2 Å². The largest absolute Gasteiger partial charge is 0.352 e. The number of carbonyl (C=O) groups excluding carboxylic acids is 2. The van der Waals surface area contributed by atoms with Gasteiger partial charge in [0, 0.05) is 41.0 Å². The molecule has 1 aliphatic carbocycles. The van der Waals surface area contributed by atoms with Gasteiger partial charge < -0.3 is 10.2 Å². The van der Waals surface area contributed by atoms with Crippen LogP contribution >= 0.6 is 23.2 Å². The number of nitrogens with zero attached hydrogens (tertiary/aromatic N) is 2. The molecule has 2 amide bonds. The van der Waals surface area contributed by atoms with E-state index in [0.29, 0.717) is 33.1 Å². The van der Waals surface area contributed by atoms with Crippen LogP contribution in [0.5, 0.6) is 0 Å². The summed E-state index contributed by atoms with van der Waals surface area (Å²) in [7, 11) is -3.70. The first-order valence-electron chi connectivity index (χ1n) is 13.2. The highest BCUT2D eigenvalue weighted by Crippen LogP contribution is 2.42. The van der Waals surface area contributed by atoms with Gasteiger partial charge in [-0.15, -0.1) is 0 Å². The minimum atomic E-state index is -3.70. The van der Waals surface area contributed by atoms with E-state index < -0.39 is 16.1 Å². The maximum Gasteiger partial charge on any atom is 0.265 e. The Bertz CT molecular complexity index is 1520. The first-order chi connectivity index (χ1) is 18.7. The molecule has 1 heterocycles. The predicted octanol–water partition coefficient (Wildman–Crippen LogP) is 5.91. The van der Waals surface area contributed by atoms with Crippen LogP contribution in [0.3, 0.4) is 0 Å². The molecule has 1 aliphatic heterocycles. The summed E-state index contributed by atoms with van der Waals surface area (Å²) >= 11 is 12.5. The third-order valence-electron chi connectivity index (χ3n) is 7.66. The molecule has 39 heavy (non-hydrogen) atoms. The van der Waals surface area contributed by atoms with Gasteiger partial charge in [-0.05, 0) is 61.4 Å². The second-order valence-electron chi connectivity index (χ2n) is 10.2. The third kappa shape index (κ3) is 5.60. The summed E-state index contributed by atoms with van der Waals surface area (Å²) in [5, 5.41) is 5.55. The zero-order valence-electron chi connectivity index (χ0n) is 21.7. The number of hydrogen-bond acceptors (Lipinski definition) is 4. The molecule has 1 fully saturated rings. The molecule has 1 atom stereocenters. The summed E-state index contributed by atoms with van der Waals surface area (Å²) < 4.78 is 28.0. The molecule has 3 aromatic carbocycles. The smallest absolute Gasteiger partial charge is 0.265 e. The number of anilines is 1. The summed E-state index contributed by atoms with van der Waals surface area (Å²) in [6.45, 7) is 2.01. The standard InChI is InChI=1S/C29H31Cl2N3O4S/c1-19(29(36)32-23-9-2-3-10-23)33(18-21-14-15-22(30)17-24(21)31)27(35)13-6-16-34-25-11-4-7-20-8-5-12-26(28(20)25)39(34,37)38/h4-5,7-8,11-12,14-15,17,19,23H,2-3,6,9-10,13,16,18H2,1H3,(H,32,36)/t19-/m0/s1. The van der Waals surface area contributed by atoms with Crippen molar-refractivity contribution in [3.8, 4) is 0 Å². The van der Waals surface area contributed by atoms with E-state index in [1.54, 1.807) is 43.3 Å². The van der Waals surface area contributed by atoms with Gasteiger partial charge in [0.05, 0.1) is 10.6 Å². The lowest BCUT2D eigenvalue weighted by molar-refractivity contribution is -0.140. The number of halogens is 2. The van der Waals surface area contributed by atoms with E-state index in [-0.39, 0.29) is 42.3 Å². The summed E-state index contributed by atoms with van der Waals surface area (Å²) in [6, 6.07) is 15.2. The number of benzene rings is 3. The SMILES string of the molecule is C[C@@H](C(=O)NC1CCCC1)N(Cc1ccc(Cl)cc1Cl)C(=O)CCCN1c2cccc3cccc(c23)S1(=O)=O. The summed E-state index contributed by atoms with van der Waals surface area (Å²) in [4.78, 5) is 28.5. The van der Waals surface area contributed by atoms with E-state index in [0.717, 1.165) is 31.1 Å². The Morgan fingerprint density at radius 2 is 1.79 bits per heavy atom. The van der Waals surface area contributed by atoms with E-state index in [9.17, 15) is 18.0 Å². The molecule has 1 N–H and O–H groups in total. The fourth-order valence-corrected chi connectivity index (χ4v) is 7.74. The van der Waals surface area contributed by atoms with Gasteiger partial charge in [0.1, 0.15) is 6.04 Å². The molecule has 10 heteroatoms. The predicted molar refractivity (Wildman–Crippen MR) is 155 cm³/mol. The first-order valence-corrected chi connectivity index (χ1v) is 15.4. The number of carbonyl (C=O) groups is 2. The van der Waals surface area contributed by atoms with Gasteiger partial charge in [-0.3, -0.25) is 13.9 Å². The molecule has 0 aromatic heterocycles. The van der Waals surface area contributed by atoms with Gasteiger partial charge in [0.2, 0.25) is 11.8 Å². The summed E-state index contributed by atoms with van der Waals surface area (Å²) in [5.74, 6) is -0.452. The molecule has 7 nitrogen and oxygen atoms in total. The van der Waals surface area contributed by atoms with Crippen LogP contribution in [0.15, 0.2) is 59.5 Å². The molecule has 1 saturated carbocycles. The van der Waals surface area contributed by atoms with Gasteiger partial charge in [-0.1, -0.05) is 66.4 Å². The highest BCUT2D eigenvalue weighted by Gasteiger charge is 2.35. The zero-order valence-corrected chi connectivity index (χ0v) is 24.0. The second kappa shape index (κ2) is 11.4. The van der Waals surface area contributed by atoms with Crippen molar-refractivity contribution in [2.24, 2.45) is 0 Å². The lowest BCUT2D eigenvalue weighted by Gasteiger charge is -2.30. The van der Waals surface area contributed by atoms with Crippen LogP contribution < -0.4 is 9.62 Å². The summed E-state index contributed by atoms with van der Waals surface area (Å²) in [6.07, 6.45) is 4.41. The number of nitrogens with one attached hydrogen (secondary N) is 1. The number of hydrogen-bond donors (Lipinski definition) is 1. The maximum atomic E-state index is 13.6. The molecule has 3 aromatic rings. The van der Waals surface area contributed by atoms with Gasteiger partial charge in [0.15, 0.2) is 0 Å². The molecular formula is C29H31Cl2N3O4S. The van der Waals surface area contributed by atoms with Crippen molar-refractivity contribution in [3.05, 3.63) is 70.2 Å². The Morgan fingerprint density at radius 1 is 1.08 bits per heavy atom. The lowest BCUT2D eigenvalue weighted by atomic mass is 10.1. The Hall–Kier alpha value is -2.81. The van der Waals surface area contributed by atoms with Crippen LogP contribution in [0.25, 0.3) is 10.8 Å². The normalized spacial score (nSPS) is 16.9. The van der Waals surface area contributed by atoms with Gasteiger partial charge >= 0.3 is 0 Å². The van der Waals surface area contributed by atoms with Crippen LogP contribution in [-0.4, -0.2) is 43.8 Å². The molecule has 5 rings (SSSR count). The molecule has 206 valence electrons. The fourth-order valence-electron chi connectivity index (χ4n) is 5.52. The van der Waals surface area contributed by atoms with Crippen LogP contribution in [-0.2, 0) is 26.2 Å². The summed E-state index contributed by atoms with van der Waals surface area (Å²) in [5.41, 5.74) is 1.31. The molecule has 2 aliphatic rings. The molecule has 0 radical (unpaired) electrons. The van der Waals surface area contributed by atoms with Gasteiger partial charge in [-0.2, -0.15) is 0 Å². The third-order valence-corrected chi connectivity index (χ3v) is 10.1. The van der Waals surface area contributed by atoms with E-state index in [2.05, 4.69) is 5.32 Å². The quantitative estimate of drug-likeness (QED) is 0.337. The number of rotatable bonds is 9. The van der Waals surface area contributed by atoms with Crippen molar-refractivity contribution in [3.63, 3.8) is 0 Å². The van der Waals surface area contributed by atoms with Crippen molar-refractivity contribution < 1.29 is 18.0 Å². The minimum Gasteiger partial charge on any atom is -0.352 e. The fraction of sp³-hybridized carbons (Fsp3) is 0.379.